The number of rotatable bonds is 7. The Hall–Kier alpha value is -1.97. The zero-order valence-electron chi connectivity index (χ0n) is 13.8. The van der Waals surface area contributed by atoms with E-state index in [1.54, 1.807) is 13.0 Å². The summed E-state index contributed by atoms with van der Waals surface area (Å²) in [6.45, 7) is 2.66. The summed E-state index contributed by atoms with van der Waals surface area (Å²) < 4.78 is 10.4. The largest absolute Gasteiger partial charge is 0.477 e. The summed E-state index contributed by atoms with van der Waals surface area (Å²) in [5.41, 5.74) is -0.928. The number of esters is 1. The maximum Gasteiger partial charge on any atom is 0.347 e. The summed E-state index contributed by atoms with van der Waals surface area (Å²) in [5.74, 6) is -0.815. The normalized spacial score (nSPS) is 16.9. The number of nitriles is 1. The second-order valence-corrected chi connectivity index (χ2v) is 6.92. The lowest BCUT2D eigenvalue weighted by molar-refractivity contribution is -0.155. The lowest BCUT2D eigenvalue weighted by Crippen LogP contribution is -2.48. The van der Waals surface area contributed by atoms with Gasteiger partial charge in [0.15, 0.2) is 12.7 Å². The van der Waals surface area contributed by atoms with Crippen molar-refractivity contribution in [2.24, 2.45) is 5.92 Å². The van der Waals surface area contributed by atoms with Crippen LogP contribution in [0.25, 0.3) is 0 Å². The van der Waals surface area contributed by atoms with Crippen molar-refractivity contribution in [3.63, 3.8) is 0 Å². The molecule has 1 fully saturated rings. The van der Waals surface area contributed by atoms with Gasteiger partial charge in [0.25, 0.3) is 5.91 Å². The topological polar surface area (TPSA) is 88.4 Å². The fourth-order valence-corrected chi connectivity index (χ4v) is 2.72. The summed E-state index contributed by atoms with van der Waals surface area (Å²) in [6, 6.07) is 6.71. The Kier molecular flexibility index (Phi) is 6.15. The maximum atomic E-state index is 12.0. The van der Waals surface area contributed by atoms with E-state index in [1.165, 1.54) is 19.1 Å². The molecule has 25 heavy (non-hydrogen) atoms. The van der Waals surface area contributed by atoms with Gasteiger partial charge >= 0.3 is 5.97 Å². The Morgan fingerprint density at radius 2 is 2.12 bits per heavy atom. The van der Waals surface area contributed by atoms with Crippen LogP contribution in [0.2, 0.25) is 10.0 Å². The van der Waals surface area contributed by atoms with Crippen molar-refractivity contribution in [3.8, 4) is 11.8 Å². The first kappa shape index (κ1) is 19.4. The third-order valence-electron chi connectivity index (χ3n) is 3.90. The molecule has 0 bridgehead atoms. The number of hydrogen-bond acceptors (Lipinski definition) is 5. The molecule has 0 radical (unpaired) electrons. The summed E-state index contributed by atoms with van der Waals surface area (Å²) in [7, 11) is 0. The van der Waals surface area contributed by atoms with E-state index in [0.717, 1.165) is 12.8 Å². The first-order chi connectivity index (χ1) is 11.7. The molecule has 1 aliphatic rings. The third kappa shape index (κ3) is 5.25. The van der Waals surface area contributed by atoms with Crippen molar-refractivity contribution in [1.29, 1.82) is 5.26 Å². The van der Waals surface area contributed by atoms with Gasteiger partial charge in [0.1, 0.15) is 11.3 Å². The smallest absolute Gasteiger partial charge is 0.347 e. The summed E-state index contributed by atoms with van der Waals surface area (Å²) in [4.78, 5) is 23.9. The Balaban J connectivity index is 1.82. The number of amides is 1. The van der Waals surface area contributed by atoms with Crippen LogP contribution in [0.15, 0.2) is 18.2 Å². The van der Waals surface area contributed by atoms with E-state index in [9.17, 15) is 14.9 Å². The molecule has 0 unspecified atom stereocenters. The van der Waals surface area contributed by atoms with Gasteiger partial charge in [0.05, 0.1) is 11.1 Å². The molecule has 1 aliphatic carbocycles. The molecule has 8 heteroatoms. The van der Waals surface area contributed by atoms with Gasteiger partial charge in [-0.25, -0.2) is 4.79 Å². The first-order valence-corrected chi connectivity index (χ1v) is 8.51. The van der Waals surface area contributed by atoms with Gasteiger partial charge < -0.3 is 14.8 Å². The van der Waals surface area contributed by atoms with E-state index in [1.807, 2.05) is 0 Å². The number of nitrogens with one attached hydrogen (secondary N) is 1. The zero-order chi connectivity index (χ0) is 18.6. The minimum Gasteiger partial charge on any atom is -0.477 e. The zero-order valence-corrected chi connectivity index (χ0v) is 15.4. The van der Waals surface area contributed by atoms with Crippen molar-refractivity contribution in [1.82, 2.24) is 5.32 Å². The van der Waals surface area contributed by atoms with Crippen LogP contribution in [0, 0.1) is 17.2 Å². The van der Waals surface area contributed by atoms with Crippen molar-refractivity contribution >= 4 is 35.1 Å². The molecule has 0 spiro atoms. The van der Waals surface area contributed by atoms with Crippen LogP contribution in [0.4, 0.5) is 0 Å². The molecule has 0 aliphatic heterocycles. The van der Waals surface area contributed by atoms with Crippen molar-refractivity contribution < 1.29 is 19.1 Å². The molecule has 1 N–H and O–H groups in total. The summed E-state index contributed by atoms with van der Waals surface area (Å²) in [6.07, 6.45) is 0.838. The standard InChI is InChI=1S/C17H18Cl2N2O4/c1-10(25-14-6-5-12(18)7-13(14)19)16(23)24-8-15(22)21-17(2,9-20)11-3-4-11/h5-7,10-11H,3-4,8H2,1-2H3,(H,21,22)/t10-,17+/m0/s1. The molecule has 0 saturated heterocycles. The molecule has 0 heterocycles. The molecular formula is C17H18Cl2N2O4. The van der Waals surface area contributed by atoms with Crippen molar-refractivity contribution in [2.75, 3.05) is 6.61 Å². The highest BCUT2D eigenvalue weighted by Gasteiger charge is 2.43. The van der Waals surface area contributed by atoms with Gasteiger partial charge in [0, 0.05) is 5.02 Å². The van der Waals surface area contributed by atoms with Gasteiger partial charge in [-0.15, -0.1) is 0 Å². The third-order valence-corrected chi connectivity index (χ3v) is 4.43. The molecule has 2 rings (SSSR count). The average molecular weight is 385 g/mol. The lowest BCUT2D eigenvalue weighted by atomic mass is 9.98. The van der Waals surface area contributed by atoms with Crippen LogP contribution in [-0.2, 0) is 14.3 Å². The van der Waals surface area contributed by atoms with Crippen LogP contribution in [0.1, 0.15) is 26.7 Å². The highest BCUT2D eigenvalue weighted by atomic mass is 35.5. The highest BCUT2D eigenvalue weighted by molar-refractivity contribution is 6.35. The number of hydrogen-bond donors (Lipinski definition) is 1. The predicted molar refractivity (Wildman–Crippen MR) is 92.4 cm³/mol. The molecule has 0 aromatic heterocycles. The number of carbonyl (C=O) groups is 2. The fraction of sp³-hybridized carbons (Fsp3) is 0.471. The fourth-order valence-electron chi connectivity index (χ4n) is 2.27. The molecule has 2 atom stereocenters. The van der Waals surface area contributed by atoms with E-state index < -0.39 is 30.1 Å². The van der Waals surface area contributed by atoms with E-state index in [-0.39, 0.29) is 16.7 Å². The average Bonchev–Trinajstić information content (AvgIpc) is 3.40. The Bertz CT molecular complexity index is 715. The lowest BCUT2D eigenvalue weighted by Gasteiger charge is -2.23. The van der Waals surface area contributed by atoms with E-state index in [2.05, 4.69) is 11.4 Å². The minimum atomic E-state index is -0.961. The molecule has 134 valence electrons. The Morgan fingerprint density at radius 3 is 2.68 bits per heavy atom. The molecule has 1 saturated carbocycles. The molecule has 1 aromatic carbocycles. The second kappa shape index (κ2) is 7.94. The molecule has 6 nitrogen and oxygen atoms in total. The minimum absolute atomic E-state index is 0.145. The van der Waals surface area contributed by atoms with Crippen LogP contribution >= 0.6 is 23.2 Å². The van der Waals surface area contributed by atoms with Gasteiger partial charge in [-0.05, 0) is 50.8 Å². The SMILES string of the molecule is C[C@H](Oc1ccc(Cl)cc1Cl)C(=O)OCC(=O)N[C@](C)(C#N)C1CC1. The summed E-state index contributed by atoms with van der Waals surface area (Å²) in [5, 5.41) is 12.5. The number of benzene rings is 1. The highest BCUT2D eigenvalue weighted by Crippen LogP contribution is 2.39. The Morgan fingerprint density at radius 1 is 1.44 bits per heavy atom. The molecule has 1 amide bonds. The van der Waals surface area contributed by atoms with E-state index >= 15 is 0 Å². The van der Waals surface area contributed by atoms with Crippen LogP contribution < -0.4 is 10.1 Å². The van der Waals surface area contributed by atoms with E-state index in [0.29, 0.717) is 5.02 Å². The van der Waals surface area contributed by atoms with Gasteiger partial charge in [-0.3, -0.25) is 4.79 Å². The number of ether oxygens (including phenoxy) is 2. The quantitative estimate of drug-likeness (QED) is 0.729. The van der Waals surface area contributed by atoms with Crippen molar-refractivity contribution in [2.45, 2.75) is 38.3 Å². The van der Waals surface area contributed by atoms with Crippen LogP contribution in [0.3, 0.4) is 0 Å². The monoisotopic (exact) mass is 384 g/mol. The van der Waals surface area contributed by atoms with Crippen LogP contribution in [-0.4, -0.2) is 30.1 Å². The number of halogens is 2. The van der Waals surface area contributed by atoms with Gasteiger partial charge in [-0.2, -0.15) is 5.26 Å². The molecular weight excluding hydrogens is 367 g/mol. The second-order valence-electron chi connectivity index (χ2n) is 6.08. The van der Waals surface area contributed by atoms with E-state index in [4.69, 9.17) is 32.7 Å². The maximum absolute atomic E-state index is 12.0. The molecule has 1 aromatic rings. The van der Waals surface area contributed by atoms with Crippen LogP contribution in [0.5, 0.6) is 5.75 Å². The van der Waals surface area contributed by atoms with Gasteiger partial charge in [-0.1, -0.05) is 23.2 Å². The number of nitrogens with zero attached hydrogens (tertiary/aromatic N) is 1. The van der Waals surface area contributed by atoms with Gasteiger partial charge in [0.2, 0.25) is 0 Å². The predicted octanol–water partition coefficient (Wildman–Crippen LogP) is 3.11. The Labute approximate surface area is 156 Å². The first-order valence-electron chi connectivity index (χ1n) is 7.76. The summed E-state index contributed by atoms with van der Waals surface area (Å²) >= 11 is 11.8. The van der Waals surface area contributed by atoms with Crippen molar-refractivity contribution in [3.05, 3.63) is 28.2 Å². The number of carbonyl (C=O) groups excluding carboxylic acids is 2.